The second-order valence-corrected chi connectivity index (χ2v) is 9.46. The number of pyridine rings is 1. The zero-order chi connectivity index (χ0) is 31.1. The molecule has 13 nitrogen and oxygen atoms in total. The van der Waals surface area contributed by atoms with E-state index in [9.17, 15) is 28.0 Å². The number of halogens is 3. The van der Waals surface area contributed by atoms with Gasteiger partial charge < -0.3 is 15.4 Å². The van der Waals surface area contributed by atoms with Gasteiger partial charge in [0.25, 0.3) is 17.6 Å². The number of anilines is 1. The van der Waals surface area contributed by atoms with E-state index in [1.54, 1.807) is 33.1 Å². The van der Waals surface area contributed by atoms with Gasteiger partial charge in [0.1, 0.15) is 12.2 Å². The van der Waals surface area contributed by atoms with Crippen molar-refractivity contribution in [2.45, 2.75) is 39.4 Å². The van der Waals surface area contributed by atoms with Crippen LogP contribution >= 0.6 is 0 Å². The maximum Gasteiger partial charge on any atom is 0.455 e. The van der Waals surface area contributed by atoms with Gasteiger partial charge in [-0.15, -0.1) is 10.2 Å². The number of nitrogens with zero attached hydrogens (tertiary/aromatic N) is 8. The Morgan fingerprint density at radius 2 is 1.88 bits per heavy atom. The normalized spacial score (nSPS) is 11.3. The van der Waals surface area contributed by atoms with Crippen LogP contribution in [0.5, 0.6) is 0 Å². The highest BCUT2D eigenvalue weighted by molar-refractivity contribution is 6.09. The number of amides is 2. The molecule has 0 fully saturated rings. The molecular formula is C27H27F3N10O3. The van der Waals surface area contributed by atoms with Crippen molar-refractivity contribution in [3.05, 3.63) is 76.0 Å². The first-order valence-corrected chi connectivity index (χ1v) is 13.0. The van der Waals surface area contributed by atoms with E-state index in [2.05, 4.69) is 36.1 Å². The minimum Gasteiger partial charge on any atom is -0.385 e. The predicted molar refractivity (Wildman–Crippen MR) is 145 cm³/mol. The molecule has 0 radical (unpaired) electrons. The highest BCUT2D eigenvalue weighted by Gasteiger charge is 2.37. The molecule has 2 N–H and O–H groups in total. The molecule has 4 aromatic rings. The quantitative estimate of drug-likeness (QED) is 0.247. The van der Waals surface area contributed by atoms with Gasteiger partial charge in [-0.25, -0.2) is 9.67 Å². The van der Waals surface area contributed by atoms with Crippen molar-refractivity contribution in [2.24, 2.45) is 0 Å². The number of aryl methyl sites for hydroxylation is 2. The first-order chi connectivity index (χ1) is 20.5. The number of carbonyl (C=O) groups is 2. The molecular weight excluding hydrogens is 569 g/mol. The first kappa shape index (κ1) is 30.8. The number of hydrogen-bond acceptors (Lipinski definition) is 9. The number of aromatic nitrogens is 7. The van der Waals surface area contributed by atoms with Crippen molar-refractivity contribution < 1.29 is 27.5 Å². The number of nitrogens with one attached hydrogen (secondary N) is 2. The number of ether oxygens (including phenoxy) is 1. The average Bonchev–Trinajstić information content (AvgIpc) is 3.62. The Labute approximate surface area is 243 Å². The molecule has 43 heavy (non-hydrogen) atoms. The second kappa shape index (κ2) is 13.2. The Kier molecular flexibility index (Phi) is 9.46. The summed E-state index contributed by atoms with van der Waals surface area (Å²) < 4.78 is 45.2. The van der Waals surface area contributed by atoms with Crippen molar-refractivity contribution in [1.82, 2.24) is 40.3 Å². The van der Waals surface area contributed by atoms with Crippen molar-refractivity contribution in [1.29, 1.82) is 5.26 Å². The molecule has 224 valence electrons. The third-order valence-corrected chi connectivity index (χ3v) is 6.19. The summed E-state index contributed by atoms with van der Waals surface area (Å²) >= 11 is 0. The SMILES string of the molecule is COCCCCNC(=O)c1cc(C#N)cc(C)c1NC(=O)c1cc(Cn2nnc(C(F)(F)F)n2)nn1-c1ncccc1C. The molecule has 3 aromatic heterocycles. The van der Waals surface area contributed by atoms with Gasteiger partial charge in [0, 0.05) is 26.5 Å². The molecule has 4 rings (SSSR count). The van der Waals surface area contributed by atoms with Crippen LogP contribution in [0.25, 0.3) is 5.82 Å². The van der Waals surface area contributed by atoms with Crippen LogP contribution in [0, 0.1) is 25.2 Å². The standard InChI is InChI=1S/C27H27F3N10O3/c1-16-7-6-9-32-23(16)40-21(13-19(36-40)15-39-37-26(35-38-39)27(28,29)30)25(42)34-22-17(2)11-18(14-31)12-20(22)24(41)33-8-4-5-10-43-3/h6-7,9,11-13H,4-5,8,10,15H2,1-3H3,(H,33,41)(H,34,42). The zero-order valence-electron chi connectivity index (χ0n) is 23.4. The molecule has 0 saturated carbocycles. The molecule has 0 unspecified atom stereocenters. The van der Waals surface area contributed by atoms with E-state index in [0.29, 0.717) is 41.3 Å². The monoisotopic (exact) mass is 596 g/mol. The topological polar surface area (TPSA) is 166 Å². The van der Waals surface area contributed by atoms with Gasteiger partial charge in [0.15, 0.2) is 5.82 Å². The van der Waals surface area contributed by atoms with Crippen LogP contribution in [0.1, 0.15) is 61.9 Å². The molecule has 0 atom stereocenters. The fraction of sp³-hybridized carbons (Fsp3) is 0.333. The van der Waals surface area contributed by atoms with Crippen LogP contribution in [0.15, 0.2) is 36.5 Å². The van der Waals surface area contributed by atoms with Crippen LogP contribution in [-0.4, -0.2) is 67.0 Å². The summed E-state index contributed by atoms with van der Waals surface area (Å²) in [4.78, 5) is 31.9. The van der Waals surface area contributed by atoms with Crippen LogP contribution < -0.4 is 10.6 Å². The number of carbonyl (C=O) groups excluding carboxylic acids is 2. The fourth-order valence-electron chi connectivity index (χ4n) is 4.14. The van der Waals surface area contributed by atoms with Crippen molar-refractivity contribution in [3.8, 4) is 11.9 Å². The van der Waals surface area contributed by atoms with Crippen molar-refractivity contribution >= 4 is 17.5 Å². The fourth-order valence-corrected chi connectivity index (χ4v) is 4.14. The minimum atomic E-state index is -4.78. The Hall–Kier alpha value is -5.17. The van der Waals surface area contributed by atoms with Crippen LogP contribution in [-0.2, 0) is 17.5 Å². The molecule has 0 saturated heterocycles. The third kappa shape index (κ3) is 7.38. The smallest absolute Gasteiger partial charge is 0.385 e. The number of nitriles is 1. The van der Waals surface area contributed by atoms with Crippen LogP contribution in [0.3, 0.4) is 0 Å². The number of alkyl halides is 3. The lowest BCUT2D eigenvalue weighted by Crippen LogP contribution is -2.27. The van der Waals surface area contributed by atoms with Gasteiger partial charge in [-0.1, -0.05) is 6.07 Å². The number of unbranched alkanes of at least 4 members (excludes halogenated alkanes) is 1. The molecule has 0 aliphatic carbocycles. The predicted octanol–water partition coefficient (Wildman–Crippen LogP) is 3.22. The van der Waals surface area contributed by atoms with E-state index >= 15 is 0 Å². The van der Waals surface area contributed by atoms with E-state index in [1.807, 2.05) is 6.07 Å². The summed E-state index contributed by atoms with van der Waals surface area (Å²) in [5, 5.41) is 29.2. The molecule has 16 heteroatoms. The number of benzene rings is 1. The molecule has 0 spiro atoms. The van der Waals surface area contributed by atoms with E-state index in [1.165, 1.54) is 29.1 Å². The first-order valence-electron chi connectivity index (χ1n) is 13.0. The number of tetrazole rings is 1. The summed E-state index contributed by atoms with van der Waals surface area (Å²) in [7, 11) is 1.59. The van der Waals surface area contributed by atoms with E-state index in [-0.39, 0.29) is 34.7 Å². The number of rotatable bonds is 11. The third-order valence-electron chi connectivity index (χ3n) is 6.19. The average molecular weight is 597 g/mol. The lowest BCUT2D eigenvalue weighted by molar-refractivity contribution is -0.145. The van der Waals surface area contributed by atoms with E-state index in [4.69, 9.17) is 4.74 Å². The lowest BCUT2D eigenvalue weighted by atomic mass is 10.0. The van der Waals surface area contributed by atoms with Crippen molar-refractivity contribution in [3.63, 3.8) is 0 Å². The molecule has 1 aromatic carbocycles. The van der Waals surface area contributed by atoms with Crippen LogP contribution in [0.4, 0.5) is 18.9 Å². The largest absolute Gasteiger partial charge is 0.455 e. The van der Waals surface area contributed by atoms with Gasteiger partial charge in [-0.05, 0) is 67.3 Å². The van der Waals surface area contributed by atoms with Gasteiger partial charge in [0.2, 0.25) is 0 Å². The summed E-state index contributed by atoms with van der Waals surface area (Å²) in [5.41, 5.74) is 1.74. The lowest BCUT2D eigenvalue weighted by Gasteiger charge is -2.15. The summed E-state index contributed by atoms with van der Waals surface area (Å²) in [5.74, 6) is -2.29. The molecule has 2 amide bonds. The maximum absolute atomic E-state index is 13.7. The van der Waals surface area contributed by atoms with Gasteiger partial charge in [-0.3, -0.25) is 9.59 Å². The molecule has 0 bridgehead atoms. The Balaban J connectivity index is 1.68. The van der Waals surface area contributed by atoms with E-state index < -0.39 is 23.8 Å². The molecule has 3 heterocycles. The molecule has 0 aliphatic heterocycles. The Bertz CT molecular complexity index is 1670. The van der Waals surface area contributed by atoms with Crippen molar-refractivity contribution in [2.75, 3.05) is 25.6 Å². The van der Waals surface area contributed by atoms with Gasteiger partial charge in [-0.2, -0.15) is 28.3 Å². The molecule has 0 aliphatic rings. The van der Waals surface area contributed by atoms with Gasteiger partial charge >= 0.3 is 6.18 Å². The zero-order valence-corrected chi connectivity index (χ0v) is 23.4. The highest BCUT2D eigenvalue weighted by Crippen LogP contribution is 2.26. The summed E-state index contributed by atoms with van der Waals surface area (Å²) in [6, 6.07) is 9.73. The summed E-state index contributed by atoms with van der Waals surface area (Å²) in [6.07, 6.45) is -1.88. The highest BCUT2D eigenvalue weighted by atomic mass is 19.4. The Morgan fingerprint density at radius 3 is 2.56 bits per heavy atom. The number of methoxy groups -OCH3 is 1. The Morgan fingerprint density at radius 1 is 1.09 bits per heavy atom. The van der Waals surface area contributed by atoms with E-state index in [0.717, 1.165) is 6.42 Å². The second-order valence-electron chi connectivity index (χ2n) is 9.46. The summed E-state index contributed by atoms with van der Waals surface area (Å²) in [6.45, 7) is 3.97. The van der Waals surface area contributed by atoms with Gasteiger partial charge in [0.05, 0.1) is 28.6 Å². The number of hydrogen-bond donors (Lipinski definition) is 2. The minimum absolute atomic E-state index is 0.0253. The van der Waals surface area contributed by atoms with Crippen LogP contribution in [0.2, 0.25) is 0 Å². The maximum atomic E-state index is 13.7.